The summed E-state index contributed by atoms with van der Waals surface area (Å²) in [7, 11) is 1.67. The maximum absolute atomic E-state index is 12.7. The summed E-state index contributed by atoms with van der Waals surface area (Å²) in [6.45, 7) is 10.9. The number of rotatable bonds is 1. The Morgan fingerprint density at radius 3 is 2.42 bits per heavy atom. The Morgan fingerprint density at radius 2 is 1.89 bits per heavy atom. The number of hydrogen-bond donors (Lipinski definition) is 0. The van der Waals surface area contributed by atoms with E-state index in [2.05, 4.69) is 20.8 Å². The second kappa shape index (κ2) is 4.26. The Bertz CT molecular complexity index is 512. The third-order valence-electron chi connectivity index (χ3n) is 3.90. The van der Waals surface area contributed by atoms with Gasteiger partial charge in [-0.1, -0.05) is 6.07 Å². The normalized spacial score (nSPS) is 18.2. The number of nitrogens with zero attached hydrogens (tertiary/aromatic N) is 1. The minimum Gasteiger partial charge on any atom is -0.497 e. The molecule has 0 aliphatic carbocycles. The van der Waals surface area contributed by atoms with Crippen LogP contribution in [0.25, 0.3) is 0 Å². The fourth-order valence-electron chi connectivity index (χ4n) is 2.67. The molecule has 0 unspecified atom stereocenters. The molecule has 0 atom stereocenters. The molecule has 3 nitrogen and oxygen atoms in total. The predicted octanol–water partition coefficient (Wildman–Crippen LogP) is 3.11. The molecule has 0 spiro atoms. The highest BCUT2D eigenvalue weighted by atomic mass is 16.5. The highest BCUT2D eigenvalue weighted by Gasteiger charge is 2.43. The standard InChI is InChI=1S/C16H23NO2/c1-15(2,3)17-10-11-9-12(19-6)7-8-13(11)16(4,5)14(17)18/h7-9H,10H2,1-6H3. The quantitative estimate of drug-likeness (QED) is 0.777. The monoisotopic (exact) mass is 261 g/mol. The lowest BCUT2D eigenvalue weighted by Crippen LogP contribution is -2.55. The number of benzene rings is 1. The van der Waals surface area contributed by atoms with Gasteiger partial charge in [-0.05, 0) is 57.9 Å². The summed E-state index contributed by atoms with van der Waals surface area (Å²) in [5.74, 6) is 1.04. The van der Waals surface area contributed by atoms with E-state index in [4.69, 9.17) is 4.74 Å². The average molecular weight is 261 g/mol. The Hall–Kier alpha value is -1.51. The highest BCUT2D eigenvalue weighted by Crippen LogP contribution is 2.38. The summed E-state index contributed by atoms with van der Waals surface area (Å²) in [6, 6.07) is 5.99. The third-order valence-corrected chi connectivity index (χ3v) is 3.90. The Balaban J connectivity index is 2.55. The molecule has 1 aromatic carbocycles. The van der Waals surface area contributed by atoms with Crippen LogP contribution in [0.1, 0.15) is 45.7 Å². The molecule has 0 saturated carbocycles. The van der Waals surface area contributed by atoms with E-state index >= 15 is 0 Å². The zero-order valence-corrected chi connectivity index (χ0v) is 12.7. The fraction of sp³-hybridized carbons (Fsp3) is 0.562. The zero-order chi connectivity index (χ0) is 14.4. The van der Waals surface area contributed by atoms with Gasteiger partial charge in [-0.2, -0.15) is 0 Å². The van der Waals surface area contributed by atoms with Crippen molar-refractivity contribution in [2.75, 3.05) is 7.11 Å². The number of carbonyl (C=O) groups excluding carboxylic acids is 1. The van der Waals surface area contributed by atoms with Gasteiger partial charge < -0.3 is 9.64 Å². The highest BCUT2D eigenvalue weighted by molar-refractivity contribution is 5.90. The second-order valence-electron chi connectivity index (χ2n) is 6.71. The smallest absolute Gasteiger partial charge is 0.233 e. The van der Waals surface area contributed by atoms with Crippen molar-refractivity contribution >= 4 is 5.91 Å². The summed E-state index contributed by atoms with van der Waals surface area (Å²) in [4.78, 5) is 14.7. The Kier molecular flexibility index (Phi) is 3.12. The topological polar surface area (TPSA) is 29.5 Å². The van der Waals surface area contributed by atoms with E-state index in [0.717, 1.165) is 11.3 Å². The van der Waals surface area contributed by atoms with E-state index < -0.39 is 5.41 Å². The van der Waals surface area contributed by atoms with Crippen LogP contribution in [0.3, 0.4) is 0 Å². The van der Waals surface area contributed by atoms with Gasteiger partial charge in [0, 0.05) is 12.1 Å². The Morgan fingerprint density at radius 1 is 1.26 bits per heavy atom. The summed E-state index contributed by atoms with van der Waals surface area (Å²) in [6.07, 6.45) is 0. The van der Waals surface area contributed by atoms with E-state index in [9.17, 15) is 4.79 Å². The molecule has 0 N–H and O–H groups in total. The molecule has 1 amide bonds. The molecule has 2 rings (SSSR count). The van der Waals surface area contributed by atoms with Gasteiger partial charge in [0.1, 0.15) is 5.75 Å². The van der Waals surface area contributed by atoms with Gasteiger partial charge in [0.15, 0.2) is 0 Å². The average Bonchev–Trinajstić information content (AvgIpc) is 2.32. The number of amides is 1. The number of ether oxygens (including phenoxy) is 1. The van der Waals surface area contributed by atoms with E-state index in [1.165, 1.54) is 5.56 Å². The van der Waals surface area contributed by atoms with E-state index in [1.54, 1.807) is 7.11 Å². The number of carbonyl (C=O) groups is 1. The summed E-state index contributed by atoms with van der Waals surface area (Å²) < 4.78 is 5.29. The van der Waals surface area contributed by atoms with Crippen LogP contribution in [0.4, 0.5) is 0 Å². The molecule has 104 valence electrons. The number of methoxy groups -OCH3 is 1. The van der Waals surface area contributed by atoms with Crippen molar-refractivity contribution in [1.29, 1.82) is 0 Å². The molecule has 1 aliphatic heterocycles. The molecule has 0 bridgehead atoms. The maximum Gasteiger partial charge on any atom is 0.233 e. The van der Waals surface area contributed by atoms with Crippen molar-refractivity contribution in [3.8, 4) is 5.75 Å². The number of hydrogen-bond acceptors (Lipinski definition) is 2. The lowest BCUT2D eigenvalue weighted by atomic mass is 9.76. The largest absolute Gasteiger partial charge is 0.497 e. The third kappa shape index (κ3) is 2.22. The molecule has 19 heavy (non-hydrogen) atoms. The van der Waals surface area contributed by atoms with Gasteiger partial charge in [-0.15, -0.1) is 0 Å². The first kappa shape index (κ1) is 13.9. The van der Waals surface area contributed by atoms with Crippen LogP contribution < -0.4 is 4.74 Å². The predicted molar refractivity (Wildman–Crippen MR) is 76.3 cm³/mol. The van der Waals surface area contributed by atoms with Gasteiger partial charge in [0.25, 0.3) is 0 Å². The summed E-state index contributed by atoms with van der Waals surface area (Å²) in [5, 5.41) is 0. The molecule has 0 fully saturated rings. The fourth-order valence-corrected chi connectivity index (χ4v) is 2.67. The van der Waals surface area contributed by atoms with Gasteiger partial charge in [0.2, 0.25) is 5.91 Å². The van der Waals surface area contributed by atoms with Crippen molar-refractivity contribution in [3.63, 3.8) is 0 Å². The lowest BCUT2D eigenvalue weighted by molar-refractivity contribution is -0.143. The van der Waals surface area contributed by atoms with E-state index in [-0.39, 0.29) is 11.4 Å². The maximum atomic E-state index is 12.7. The van der Waals surface area contributed by atoms with E-state index in [0.29, 0.717) is 6.54 Å². The van der Waals surface area contributed by atoms with Crippen molar-refractivity contribution in [2.24, 2.45) is 0 Å². The first-order chi connectivity index (χ1) is 8.67. The van der Waals surface area contributed by atoms with Gasteiger partial charge in [-0.3, -0.25) is 4.79 Å². The van der Waals surface area contributed by atoms with Crippen LogP contribution in [0.2, 0.25) is 0 Å². The van der Waals surface area contributed by atoms with Crippen LogP contribution in [0, 0.1) is 0 Å². The first-order valence-electron chi connectivity index (χ1n) is 6.67. The zero-order valence-electron chi connectivity index (χ0n) is 12.7. The number of fused-ring (bicyclic) bond motifs is 1. The summed E-state index contributed by atoms with van der Waals surface area (Å²) >= 11 is 0. The van der Waals surface area contributed by atoms with Crippen LogP contribution in [0.5, 0.6) is 5.75 Å². The summed E-state index contributed by atoms with van der Waals surface area (Å²) in [5.41, 5.74) is 1.64. The van der Waals surface area contributed by atoms with Crippen LogP contribution in [-0.2, 0) is 16.8 Å². The molecule has 1 aromatic rings. The first-order valence-corrected chi connectivity index (χ1v) is 6.67. The molecule has 1 aliphatic rings. The molecule has 0 radical (unpaired) electrons. The molecule has 3 heteroatoms. The molecular formula is C16H23NO2. The molecule has 0 saturated heterocycles. The van der Waals surface area contributed by atoms with Gasteiger partial charge in [0.05, 0.1) is 12.5 Å². The lowest BCUT2D eigenvalue weighted by Gasteiger charge is -2.45. The molecule has 1 heterocycles. The molecule has 0 aromatic heterocycles. The second-order valence-corrected chi connectivity index (χ2v) is 6.71. The van der Waals surface area contributed by atoms with Gasteiger partial charge >= 0.3 is 0 Å². The van der Waals surface area contributed by atoms with Crippen molar-refractivity contribution in [2.45, 2.75) is 52.1 Å². The van der Waals surface area contributed by atoms with Crippen LogP contribution >= 0.6 is 0 Å². The van der Waals surface area contributed by atoms with Crippen molar-refractivity contribution in [1.82, 2.24) is 4.90 Å². The van der Waals surface area contributed by atoms with Crippen LogP contribution in [-0.4, -0.2) is 23.5 Å². The minimum absolute atomic E-state index is 0.172. The Labute approximate surface area is 115 Å². The van der Waals surface area contributed by atoms with Crippen LogP contribution in [0.15, 0.2) is 18.2 Å². The van der Waals surface area contributed by atoms with Gasteiger partial charge in [-0.25, -0.2) is 0 Å². The molecular weight excluding hydrogens is 238 g/mol. The van der Waals surface area contributed by atoms with Crippen molar-refractivity contribution < 1.29 is 9.53 Å². The minimum atomic E-state index is -0.479. The SMILES string of the molecule is COc1ccc2c(c1)CN(C(C)(C)C)C(=O)C2(C)C. The van der Waals surface area contributed by atoms with Crippen molar-refractivity contribution in [3.05, 3.63) is 29.3 Å². The van der Waals surface area contributed by atoms with E-state index in [1.807, 2.05) is 36.9 Å².